The van der Waals surface area contributed by atoms with Gasteiger partial charge in [-0.2, -0.15) is 0 Å². The molecule has 4 aromatic rings. The lowest BCUT2D eigenvalue weighted by Crippen LogP contribution is -2.56. The third kappa shape index (κ3) is 3.89. The van der Waals surface area contributed by atoms with E-state index in [4.69, 9.17) is 0 Å². The molecule has 6 rings (SSSR count). The largest absolute Gasteiger partial charge is 0.502 e. The van der Waals surface area contributed by atoms with Crippen LogP contribution in [0.15, 0.2) is 101 Å². The number of aromatic nitrogens is 1. The first-order chi connectivity index (χ1) is 18.1. The predicted octanol–water partition coefficient (Wildman–Crippen LogP) is 4.03. The summed E-state index contributed by atoms with van der Waals surface area (Å²) in [7, 11) is 0. The molecule has 2 aliphatic rings. The van der Waals surface area contributed by atoms with Gasteiger partial charge in [0.1, 0.15) is 6.67 Å². The van der Waals surface area contributed by atoms with E-state index in [1.54, 1.807) is 22.6 Å². The molecule has 0 spiro atoms. The van der Waals surface area contributed by atoms with E-state index in [2.05, 4.69) is 24.3 Å². The summed E-state index contributed by atoms with van der Waals surface area (Å²) in [5.74, 6) is -0.318. The summed E-state index contributed by atoms with van der Waals surface area (Å²) in [4.78, 5) is 29.0. The van der Waals surface area contributed by atoms with Gasteiger partial charge in [-0.05, 0) is 28.3 Å². The first kappa shape index (κ1) is 23.4. The van der Waals surface area contributed by atoms with Gasteiger partial charge >= 0.3 is 0 Å². The van der Waals surface area contributed by atoms with Crippen LogP contribution in [0, 0.1) is 0 Å². The van der Waals surface area contributed by atoms with Crippen LogP contribution in [-0.2, 0) is 5.75 Å². The van der Waals surface area contributed by atoms with Gasteiger partial charge in [-0.3, -0.25) is 19.3 Å². The summed E-state index contributed by atoms with van der Waals surface area (Å²) in [6, 6.07) is 26.0. The van der Waals surface area contributed by atoms with Gasteiger partial charge in [0.25, 0.3) is 5.91 Å². The lowest BCUT2D eigenvalue weighted by Gasteiger charge is -2.46. The maximum Gasteiger partial charge on any atom is 0.278 e. The highest BCUT2D eigenvalue weighted by Crippen LogP contribution is 2.43. The number of hydrogen-bond acceptors (Lipinski definition) is 6. The molecule has 2 atom stereocenters. The van der Waals surface area contributed by atoms with Crippen molar-refractivity contribution < 1.29 is 15.0 Å². The van der Waals surface area contributed by atoms with E-state index < -0.39 is 23.1 Å². The highest BCUT2D eigenvalue weighted by Gasteiger charge is 2.41. The highest BCUT2D eigenvalue weighted by atomic mass is 32.2. The molecule has 0 saturated heterocycles. The third-order valence-electron chi connectivity index (χ3n) is 7.07. The Labute approximate surface area is 218 Å². The zero-order chi connectivity index (χ0) is 25.5. The van der Waals surface area contributed by atoms with Crippen molar-refractivity contribution in [3.63, 3.8) is 0 Å². The van der Waals surface area contributed by atoms with E-state index in [0.29, 0.717) is 0 Å². The summed E-state index contributed by atoms with van der Waals surface area (Å²) in [5, 5.41) is 23.3. The van der Waals surface area contributed by atoms with E-state index >= 15 is 0 Å². The molecule has 8 heteroatoms. The second kappa shape index (κ2) is 9.46. The van der Waals surface area contributed by atoms with Gasteiger partial charge in [0, 0.05) is 22.9 Å². The number of carbonyl (C=O) groups excluding carboxylic acids is 1. The zero-order valence-corrected chi connectivity index (χ0v) is 20.7. The molecule has 3 aromatic carbocycles. The fraction of sp³-hybridized carbons (Fsp3) is 0.172. The quantitative estimate of drug-likeness (QED) is 0.430. The van der Waals surface area contributed by atoms with Crippen molar-refractivity contribution in [3.05, 3.63) is 129 Å². The van der Waals surface area contributed by atoms with Crippen LogP contribution in [0.1, 0.15) is 44.8 Å². The number of thioether (sulfide) groups is 1. The van der Waals surface area contributed by atoms with Crippen LogP contribution in [-0.4, -0.2) is 39.0 Å². The molecular formula is C29H25N3O4S. The number of pyridine rings is 1. The lowest BCUT2D eigenvalue weighted by molar-refractivity contribution is 0.0494. The first-order valence-electron chi connectivity index (χ1n) is 12.1. The van der Waals surface area contributed by atoms with E-state index in [1.165, 1.54) is 16.5 Å². The zero-order valence-electron chi connectivity index (χ0n) is 19.9. The number of nitrogens with zero attached hydrogens (tertiary/aromatic N) is 3. The Hall–Kier alpha value is -4.01. The van der Waals surface area contributed by atoms with Crippen LogP contribution in [0.4, 0.5) is 0 Å². The van der Waals surface area contributed by atoms with Crippen LogP contribution in [0.3, 0.4) is 0 Å². The number of fused-ring (bicyclic) bond motifs is 3. The Bertz CT molecular complexity index is 1490. The van der Waals surface area contributed by atoms with Gasteiger partial charge in [0.15, 0.2) is 11.4 Å². The SMILES string of the molecule is O=C1c2c(O)c(=O)ccn2N(C2c3ccccc3CSc3ccccc32)CN1[C@H](CO)c1ccccc1. The standard InChI is InChI=1S/C29H25N3O4S/c33-16-23(19-8-2-1-3-9-19)30-18-32(31-15-14-24(34)28(35)27(31)29(30)36)26-21-11-5-4-10-20(21)17-37-25-13-7-6-12-22(25)26/h1-15,23,26,33,35H,16-18H2/t23-,26?/m1/s1. The number of rotatable bonds is 4. The van der Waals surface area contributed by atoms with E-state index in [9.17, 15) is 19.8 Å². The minimum Gasteiger partial charge on any atom is -0.502 e. The third-order valence-corrected chi connectivity index (χ3v) is 8.21. The molecular weight excluding hydrogens is 486 g/mol. The normalized spacial score (nSPS) is 17.4. The molecule has 0 saturated carbocycles. The maximum atomic E-state index is 13.8. The molecule has 1 aromatic heterocycles. The molecule has 0 bridgehead atoms. The summed E-state index contributed by atoms with van der Waals surface area (Å²) >= 11 is 1.76. The van der Waals surface area contributed by atoms with E-state index in [1.807, 2.05) is 59.6 Å². The molecule has 0 radical (unpaired) electrons. The number of amides is 1. The molecule has 7 nitrogen and oxygen atoms in total. The molecule has 1 amide bonds. The predicted molar refractivity (Wildman–Crippen MR) is 142 cm³/mol. The second-order valence-electron chi connectivity index (χ2n) is 9.11. The summed E-state index contributed by atoms with van der Waals surface area (Å²) in [6.45, 7) is -0.179. The fourth-order valence-electron chi connectivity index (χ4n) is 5.27. The average Bonchev–Trinajstić information content (AvgIpc) is 3.10. The van der Waals surface area contributed by atoms with Crippen molar-refractivity contribution in [2.45, 2.75) is 22.7 Å². The molecule has 0 aliphatic carbocycles. The first-order valence-corrected chi connectivity index (χ1v) is 13.0. The molecule has 0 fully saturated rings. The van der Waals surface area contributed by atoms with E-state index in [-0.39, 0.29) is 25.0 Å². The Balaban J connectivity index is 1.59. The maximum absolute atomic E-state index is 13.8. The molecule has 2 N–H and O–H groups in total. The summed E-state index contributed by atoms with van der Waals surface area (Å²) in [5.41, 5.74) is 3.35. The molecule has 3 heterocycles. The molecule has 37 heavy (non-hydrogen) atoms. The minimum atomic E-state index is -0.662. The smallest absolute Gasteiger partial charge is 0.278 e. The monoisotopic (exact) mass is 511 g/mol. The van der Waals surface area contributed by atoms with Gasteiger partial charge in [0.05, 0.1) is 18.7 Å². The van der Waals surface area contributed by atoms with Crippen LogP contribution in [0.25, 0.3) is 0 Å². The average molecular weight is 512 g/mol. The van der Waals surface area contributed by atoms with Crippen molar-refractivity contribution in [2.75, 3.05) is 18.3 Å². The van der Waals surface area contributed by atoms with Crippen molar-refractivity contribution in [1.29, 1.82) is 0 Å². The highest BCUT2D eigenvalue weighted by molar-refractivity contribution is 7.98. The number of aliphatic hydroxyl groups is 1. The number of hydrogen-bond donors (Lipinski definition) is 2. The van der Waals surface area contributed by atoms with Gasteiger partial charge in [-0.25, -0.2) is 0 Å². The Morgan fingerprint density at radius 3 is 2.38 bits per heavy atom. The van der Waals surface area contributed by atoms with Gasteiger partial charge < -0.3 is 15.1 Å². The van der Waals surface area contributed by atoms with Crippen molar-refractivity contribution >= 4 is 17.7 Å². The minimum absolute atomic E-state index is 0.111. The van der Waals surface area contributed by atoms with Crippen LogP contribution >= 0.6 is 11.8 Å². The molecule has 186 valence electrons. The van der Waals surface area contributed by atoms with Crippen molar-refractivity contribution in [3.8, 4) is 5.75 Å². The summed E-state index contributed by atoms with van der Waals surface area (Å²) in [6.07, 6.45) is 1.55. The van der Waals surface area contributed by atoms with Crippen LogP contribution < -0.4 is 10.4 Å². The topological polar surface area (TPSA) is 86.0 Å². The van der Waals surface area contributed by atoms with Crippen molar-refractivity contribution in [1.82, 2.24) is 9.58 Å². The number of aromatic hydroxyl groups is 1. The van der Waals surface area contributed by atoms with Crippen molar-refractivity contribution in [2.24, 2.45) is 0 Å². The van der Waals surface area contributed by atoms with Gasteiger partial charge in [-0.15, -0.1) is 11.8 Å². The lowest BCUT2D eigenvalue weighted by atomic mass is 9.94. The second-order valence-corrected chi connectivity index (χ2v) is 10.1. The molecule has 1 unspecified atom stereocenters. The number of benzene rings is 3. The van der Waals surface area contributed by atoms with Crippen LogP contribution in [0.5, 0.6) is 5.75 Å². The molecule has 2 aliphatic heterocycles. The van der Waals surface area contributed by atoms with Crippen LogP contribution in [0.2, 0.25) is 0 Å². The number of carbonyl (C=O) groups is 1. The Morgan fingerprint density at radius 2 is 1.59 bits per heavy atom. The fourth-order valence-corrected chi connectivity index (χ4v) is 6.37. The Morgan fingerprint density at radius 1 is 0.892 bits per heavy atom. The number of aliphatic hydroxyl groups excluding tert-OH is 1. The summed E-state index contributed by atoms with van der Waals surface area (Å²) < 4.78 is 1.60. The Kier molecular flexibility index (Phi) is 5.98. The van der Waals surface area contributed by atoms with E-state index in [0.717, 1.165) is 27.3 Å². The van der Waals surface area contributed by atoms with Gasteiger partial charge in [-0.1, -0.05) is 72.8 Å². The van der Waals surface area contributed by atoms with Gasteiger partial charge in [0.2, 0.25) is 5.43 Å².